The van der Waals surface area contributed by atoms with Gasteiger partial charge < -0.3 is 15.9 Å². The van der Waals surface area contributed by atoms with Crippen LogP contribution < -0.4 is 5.73 Å². The van der Waals surface area contributed by atoms with E-state index in [2.05, 4.69) is 0 Å². The summed E-state index contributed by atoms with van der Waals surface area (Å²) >= 11 is 0. The zero-order valence-corrected chi connectivity index (χ0v) is 8.15. The first-order valence-corrected chi connectivity index (χ1v) is 5.24. The number of aliphatic hydroxyl groups excluding tert-OH is 1. The van der Waals surface area contributed by atoms with E-state index >= 15 is 0 Å². The summed E-state index contributed by atoms with van der Waals surface area (Å²) in [7, 11) is 0. The highest BCUT2D eigenvalue weighted by Crippen LogP contribution is 2.53. The maximum absolute atomic E-state index is 11.1. The van der Waals surface area contributed by atoms with Gasteiger partial charge in [0, 0.05) is 11.5 Å². The first-order valence-electron chi connectivity index (χ1n) is 5.24. The summed E-state index contributed by atoms with van der Waals surface area (Å²) < 4.78 is 0. The minimum absolute atomic E-state index is 0.227. The van der Waals surface area contributed by atoms with E-state index < -0.39 is 17.5 Å². The van der Waals surface area contributed by atoms with Crippen LogP contribution in [0.2, 0.25) is 0 Å². The molecule has 0 amide bonds. The first-order chi connectivity index (χ1) is 6.58. The lowest BCUT2D eigenvalue weighted by Crippen LogP contribution is -2.44. The lowest BCUT2D eigenvalue weighted by atomic mass is 9.74. The molecule has 0 radical (unpaired) electrons. The molecule has 0 bridgehead atoms. The Morgan fingerprint density at radius 3 is 2.57 bits per heavy atom. The van der Waals surface area contributed by atoms with E-state index in [1.165, 1.54) is 0 Å². The van der Waals surface area contributed by atoms with Gasteiger partial charge in [0.25, 0.3) is 0 Å². The van der Waals surface area contributed by atoms with Crippen LogP contribution in [0.1, 0.15) is 32.1 Å². The van der Waals surface area contributed by atoms with Crippen molar-refractivity contribution in [2.24, 2.45) is 17.1 Å². The average Bonchev–Trinajstić information content (AvgIpc) is 2.67. The molecule has 2 fully saturated rings. The molecule has 2 rings (SSSR count). The van der Waals surface area contributed by atoms with Crippen LogP contribution >= 0.6 is 0 Å². The van der Waals surface area contributed by atoms with E-state index in [9.17, 15) is 9.90 Å². The van der Waals surface area contributed by atoms with Crippen molar-refractivity contribution >= 4 is 5.97 Å². The molecule has 14 heavy (non-hydrogen) atoms. The quantitative estimate of drug-likeness (QED) is 0.568. The Labute approximate surface area is 83.1 Å². The van der Waals surface area contributed by atoms with Crippen LogP contribution in [0.3, 0.4) is 0 Å². The Hall–Kier alpha value is -0.610. The second-order valence-electron chi connectivity index (χ2n) is 4.66. The molecule has 0 saturated heterocycles. The number of hydrogen-bond acceptors (Lipinski definition) is 3. The molecule has 0 heterocycles. The Morgan fingerprint density at radius 1 is 1.36 bits per heavy atom. The molecule has 4 atom stereocenters. The van der Waals surface area contributed by atoms with E-state index in [-0.39, 0.29) is 12.0 Å². The average molecular weight is 199 g/mol. The van der Waals surface area contributed by atoms with E-state index in [1.54, 1.807) is 0 Å². The summed E-state index contributed by atoms with van der Waals surface area (Å²) in [5.41, 5.74) is 5.34. The molecular weight excluding hydrogens is 182 g/mol. The van der Waals surface area contributed by atoms with Gasteiger partial charge in [-0.2, -0.15) is 0 Å². The lowest BCUT2D eigenvalue weighted by Gasteiger charge is -2.33. The summed E-state index contributed by atoms with van der Waals surface area (Å²) in [4.78, 5) is 11.1. The molecule has 4 N–H and O–H groups in total. The molecule has 80 valence electrons. The minimum Gasteiger partial charge on any atom is -0.481 e. The molecule has 2 aliphatic rings. The highest BCUT2D eigenvalue weighted by molar-refractivity contribution is 5.71. The minimum atomic E-state index is -0.768. The van der Waals surface area contributed by atoms with Gasteiger partial charge in [-0.05, 0) is 25.7 Å². The molecule has 1 unspecified atom stereocenters. The maximum Gasteiger partial charge on any atom is 0.307 e. The summed E-state index contributed by atoms with van der Waals surface area (Å²) in [5, 5.41) is 19.1. The fraction of sp³-hybridized carbons (Fsp3) is 0.900. The second kappa shape index (κ2) is 3.21. The molecule has 2 saturated carbocycles. The number of hydrogen-bond donors (Lipinski definition) is 3. The number of carboxylic acid groups (broad SMARTS) is 1. The van der Waals surface area contributed by atoms with Crippen molar-refractivity contribution in [3.05, 3.63) is 0 Å². The van der Waals surface area contributed by atoms with Gasteiger partial charge in [0.05, 0.1) is 12.0 Å². The van der Waals surface area contributed by atoms with Crippen molar-refractivity contribution in [1.82, 2.24) is 0 Å². The number of carboxylic acids is 1. The van der Waals surface area contributed by atoms with Crippen LogP contribution in [0.4, 0.5) is 0 Å². The fourth-order valence-corrected chi connectivity index (χ4v) is 3.29. The van der Waals surface area contributed by atoms with Crippen molar-refractivity contribution in [1.29, 1.82) is 0 Å². The van der Waals surface area contributed by atoms with Gasteiger partial charge in [-0.15, -0.1) is 0 Å². The zero-order valence-electron chi connectivity index (χ0n) is 8.15. The van der Waals surface area contributed by atoms with Crippen molar-refractivity contribution in [3.8, 4) is 0 Å². The monoisotopic (exact) mass is 199 g/mol. The summed E-state index contributed by atoms with van der Waals surface area (Å²) in [5.74, 6) is -1.15. The number of aliphatic hydroxyl groups is 1. The Bertz CT molecular complexity index is 256. The van der Waals surface area contributed by atoms with Crippen LogP contribution in [-0.2, 0) is 4.79 Å². The Balaban J connectivity index is 2.26. The Kier molecular flexibility index (Phi) is 2.27. The molecule has 0 aromatic rings. The van der Waals surface area contributed by atoms with Crippen LogP contribution in [0, 0.1) is 11.3 Å². The van der Waals surface area contributed by atoms with Gasteiger partial charge in [-0.1, -0.05) is 6.42 Å². The predicted octanol–water partition coefficient (Wildman–Crippen LogP) is 0.339. The largest absolute Gasteiger partial charge is 0.481 e. The predicted molar refractivity (Wildman–Crippen MR) is 50.6 cm³/mol. The fourth-order valence-electron chi connectivity index (χ4n) is 3.29. The molecule has 2 aliphatic carbocycles. The summed E-state index contributed by atoms with van der Waals surface area (Å²) in [6.07, 6.45) is 3.32. The van der Waals surface area contributed by atoms with Crippen LogP contribution in [0.25, 0.3) is 0 Å². The van der Waals surface area contributed by atoms with Gasteiger partial charge in [0.1, 0.15) is 0 Å². The third-order valence-electron chi connectivity index (χ3n) is 4.06. The molecule has 4 heteroatoms. The molecule has 0 aromatic heterocycles. The van der Waals surface area contributed by atoms with Crippen LogP contribution in [0.15, 0.2) is 0 Å². The van der Waals surface area contributed by atoms with Gasteiger partial charge in [0.15, 0.2) is 0 Å². The van der Waals surface area contributed by atoms with Gasteiger partial charge in [-0.3, -0.25) is 4.79 Å². The molecule has 0 aliphatic heterocycles. The van der Waals surface area contributed by atoms with Gasteiger partial charge in [0.2, 0.25) is 0 Å². The van der Waals surface area contributed by atoms with E-state index in [4.69, 9.17) is 10.8 Å². The number of aliphatic carboxylic acids is 1. The van der Waals surface area contributed by atoms with Crippen LogP contribution in [-0.4, -0.2) is 28.3 Å². The van der Waals surface area contributed by atoms with E-state index in [0.717, 1.165) is 25.7 Å². The molecule has 1 spiro atoms. The SMILES string of the molecule is N[C@H]1CC[C@]2(CCCC2C(=O)O)[C@H]1O. The number of rotatable bonds is 1. The van der Waals surface area contributed by atoms with Crippen LogP contribution in [0.5, 0.6) is 0 Å². The highest BCUT2D eigenvalue weighted by atomic mass is 16.4. The number of nitrogens with two attached hydrogens (primary N) is 1. The van der Waals surface area contributed by atoms with Crippen molar-refractivity contribution in [2.75, 3.05) is 0 Å². The maximum atomic E-state index is 11.1. The topological polar surface area (TPSA) is 83.6 Å². The smallest absolute Gasteiger partial charge is 0.307 e. The van der Waals surface area contributed by atoms with E-state index in [1.807, 2.05) is 0 Å². The third kappa shape index (κ3) is 1.17. The first kappa shape index (κ1) is 9.93. The second-order valence-corrected chi connectivity index (χ2v) is 4.66. The van der Waals surface area contributed by atoms with Crippen molar-refractivity contribution in [3.63, 3.8) is 0 Å². The molecular formula is C10H17NO3. The van der Waals surface area contributed by atoms with Gasteiger partial charge >= 0.3 is 5.97 Å². The van der Waals surface area contributed by atoms with Crippen molar-refractivity contribution in [2.45, 2.75) is 44.2 Å². The van der Waals surface area contributed by atoms with Gasteiger partial charge in [-0.25, -0.2) is 0 Å². The third-order valence-corrected chi connectivity index (χ3v) is 4.06. The summed E-state index contributed by atoms with van der Waals surface area (Å²) in [6.45, 7) is 0. The zero-order chi connectivity index (χ0) is 10.3. The Morgan fingerprint density at radius 2 is 2.07 bits per heavy atom. The number of carbonyl (C=O) groups is 1. The highest BCUT2D eigenvalue weighted by Gasteiger charge is 2.56. The standard InChI is InChI=1S/C10H17NO3/c11-7-3-5-10(8(7)12)4-1-2-6(10)9(13)14/h6-8,12H,1-5,11H2,(H,13,14)/t6?,7-,8-,10-/m0/s1. The molecule has 0 aromatic carbocycles. The molecule has 4 nitrogen and oxygen atoms in total. The normalized spacial score (nSPS) is 47.4. The van der Waals surface area contributed by atoms with Crippen molar-refractivity contribution < 1.29 is 15.0 Å². The lowest BCUT2D eigenvalue weighted by molar-refractivity contribution is -0.148. The summed E-state index contributed by atoms with van der Waals surface area (Å²) in [6, 6.07) is -0.227. The van der Waals surface area contributed by atoms with E-state index in [0.29, 0.717) is 6.42 Å².